The van der Waals surface area contributed by atoms with Crippen LogP contribution in [0.1, 0.15) is 12.5 Å². The summed E-state index contributed by atoms with van der Waals surface area (Å²) in [6, 6.07) is 22.2. The number of hydrogen-bond acceptors (Lipinski definition) is 3. The smallest absolute Gasteiger partial charge is 0.264 e. The molecule has 0 radical (unpaired) electrons. The first-order valence-electron chi connectivity index (χ1n) is 9.33. The fourth-order valence-corrected chi connectivity index (χ4v) is 4.56. The molecular weight excluding hydrogens is 420 g/mol. The second-order valence-corrected chi connectivity index (χ2v) is 8.64. The molecule has 0 unspecified atom stereocenters. The van der Waals surface area contributed by atoms with Gasteiger partial charge in [0, 0.05) is 23.3 Å². The number of nitrogens with one attached hydrogen (secondary N) is 1. The molecule has 0 aliphatic heterocycles. The summed E-state index contributed by atoms with van der Waals surface area (Å²) >= 11 is 6.07. The Morgan fingerprint density at radius 3 is 2.23 bits per heavy atom. The average Bonchev–Trinajstić information content (AvgIpc) is 2.75. The molecule has 7 heteroatoms. The third-order valence-corrected chi connectivity index (χ3v) is 6.62. The van der Waals surface area contributed by atoms with Crippen LogP contribution in [0, 0.1) is 0 Å². The molecule has 0 aromatic heterocycles. The van der Waals surface area contributed by atoms with Crippen LogP contribution in [0.5, 0.6) is 0 Å². The van der Waals surface area contributed by atoms with Crippen molar-refractivity contribution in [2.24, 2.45) is 0 Å². The van der Waals surface area contributed by atoms with Crippen molar-refractivity contribution in [1.29, 1.82) is 0 Å². The van der Waals surface area contributed by atoms with Gasteiger partial charge in [-0.1, -0.05) is 48.0 Å². The Bertz CT molecular complexity index is 1140. The van der Waals surface area contributed by atoms with Crippen molar-refractivity contribution in [3.8, 4) is 0 Å². The Morgan fingerprint density at radius 1 is 0.967 bits per heavy atom. The lowest BCUT2D eigenvalue weighted by molar-refractivity contribution is -0.111. The minimum atomic E-state index is -3.71. The number of anilines is 2. The van der Waals surface area contributed by atoms with Gasteiger partial charge in [-0.25, -0.2) is 8.42 Å². The van der Waals surface area contributed by atoms with E-state index in [2.05, 4.69) is 5.32 Å². The number of amides is 1. The molecule has 0 heterocycles. The Balaban J connectivity index is 1.72. The van der Waals surface area contributed by atoms with Gasteiger partial charge < -0.3 is 5.32 Å². The maximum absolute atomic E-state index is 13.0. The summed E-state index contributed by atoms with van der Waals surface area (Å²) < 4.78 is 27.3. The maximum atomic E-state index is 13.0. The molecule has 0 fully saturated rings. The van der Waals surface area contributed by atoms with Gasteiger partial charge in [0.15, 0.2) is 0 Å². The van der Waals surface area contributed by atoms with Crippen molar-refractivity contribution in [3.63, 3.8) is 0 Å². The van der Waals surface area contributed by atoms with E-state index in [1.807, 2.05) is 18.2 Å². The van der Waals surface area contributed by atoms with E-state index in [9.17, 15) is 13.2 Å². The average molecular weight is 441 g/mol. The lowest BCUT2D eigenvalue weighted by Gasteiger charge is -2.23. The standard InChI is InChI=1S/C23H21ClN2O3S/c1-2-26(20-9-4-3-5-10-20)30(28,29)21-15-13-19(14-16-21)25-23(27)17-12-18-8-6-7-11-22(18)24/h3-17H,2H2,1H3,(H,25,27)/b17-12+. The second kappa shape index (κ2) is 9.61. The number of carbonyl (C=O) groups excluding carboxylic acids is 1. The van der Waals surface area contributed by atoms with Crippen LogP contribution < -0.4 is 9.62 Å². The quantitative estimate of drug-likeness (QED) is 0.513. The molecule has 0 bridgehead atoms. The lowest BCUT2D eigenvalue weighted by Crippen LogP contribution is -2.30. The van der Waals surface area contributed by atoms with Crippen LogP contribution in [-0.4, -0.2) is 20.9 Å². The summed E-state index contributed by atoms with van der Waals surface area (Å²) in [5.41, 5.74) is 1.82. The van der Waals surface area contributed by atoms with Crippen LogP contribution in [-0.2, 0) is 14.8 Å². The SMILES string of the molecule is CCN(c1ccccc1)S(=O)(=O)c1ccc(NC(=O)/C=C/c2ccccc2Cl)cc1. The third-order valence-electron chi connectivity index (χ3n) is 4.36. The molecule has 30 heavy (non-hydrogen) atoms. The van der Waals surface area contributed by atoms with Crippen LogP contribution in [0.25, 0.3) is 6.08 Å². The van der Waals surface area contributed by atoms with E-state index in [-0.39, 0.29) is 10.8 Å². The van der Waals surface area contributed by atoms with Crippen molar-refractivity contribution in [1.82, 2.24) is 0 Å². The van der Waals surface area contributed by atoms with Gasteiger partial charge in [0.2, 0.25) is 5.91 Å². The first-order chi connectivity index (χ1) is 14.4. The number of carbonyl (C=O) groups is 1. The van der Waals surface area contributed by atoms with Crippen molar-refractivity contribution >= 4 is 45.0 Å². The zero-order chi connectivity index (χ0) is 21.6. The van der Waals surface area contributed by atoms with Crippen LogP contribution in [0.3, 0.4) is 0 Å². The number of nitrogens with zero attached hydrogens (tertiary/aromatic N) is 1. The van der Waals surface area contributed by atoms with E-state index < -0.39 is 10.0 Å². The van der Waals surface area contributed by atoms with E-state index in [1.165, 1.54) is 22.5 Å². The minimum absolute atomic E-state index is 0.151. The fourth-order valence-electron chi connectivity index (χ4n) is 2.88. The number of rotatable bonds is 7. The van der Waals surface area contributed by atoms with Gasteiger partial charge >= 0.3 is 0 Å². The molecule has 1 N–H and O–H groups in total. The Hall–Kier alpha value is -3.09. The Morgan fingerprint density at radius 2 is 1.60 bits per heavy atom. The monoisotopic (exact) mass is 440 g/mol. The van der Waals surface area contributed by atoms with Crippen LogP contribution in [0.2, 0.25) is 5.02 Å². The molecule has 0 aliphatic carbocycles. The number of para-hydroxylation sites is 1. The largest absolute Gasteiger partial charge is 0.323 e. The molecule has 0 spiro atoms. The maximum Gasteiger partial charge on any atom is 0.264 e. The second-order valence-electron chi connectivity index (χ2n) is 6.37. The van der Waals surface area contributed by atoms with Gasteiger partial charge in [0.1, 0.15) is 0 Å². The van der Waals surface area contributed by atoms with E-state index in [4.69, 9.17) is 11.6 Å². The van der Waals surface area contributed by atoms with Gasteiger partial charge in [-0.3, -0.25) is 9.10 Å². The first kappa shape index (κ1) is 21.6. The molecule has 5 nitrogen and oxygen atoms in total. The number of hydrogen-bond donors (Lipinski definition) is 1. The summed E-state index contributed by atoms with van der Waals surface area (Å²) in [7, 11) is -3.71. The van der Waals surface area contributed by atoms with Crippen molar-refractivity contribution in [3.05, 3.63) is 95.5 Å². The normalized spacial score (nSPS) is 11.4. The predicted molar refractivity (Wildman–Crippen MR) is 122 cm³/mol. The van der Waals surface area contributed by atoms with E-state index >= 15 is 0 Å². The van der Waals surface area contributed by atoms with Gasteiger partial charge in [0.25, 0.3) is 10.0 Å². The molecule has 1 amide bonds. The molecule has 3 rings (SSSR count). The summed E-state index contributed by atoms with van der Waals surface area (Å²) in [4.78, 5) is 12.3. The van der Waals surface area contributed by atoms with Gasteiger partial charge in [-0.2, -0.15) is 0 Å². The zero-order valence-corrected chi connectivity index (χ0v) is 17.9. The zero-order valence-electron chi connectivity index (χ0n) is 16.3. The topological polar surface area (TPSA) is 66.5 Å². The third kappa shape index (κ3) is 5.09. The molecular formula is C23H21ClN2O3S. The fraction of sp³-hybridized carbons (Fsp3) is 0.0870. The number of benzene rings is 3. The summed E-state index contributed by atoms with van der Waals surface area (Å²) in [6.07, 6.45) is 3.00. The highest BCUT2D eigenvalue weighted by atomic mass is 35.5. The highest BCUT2D eigenvalue weighted by Gasteiger charge is 2.23. The van der Waals surface area contributed by atoms with Crippen LogP contribution in [0.4, 0.5) is 11.4 Å². The van der Waals surface area contributed by atoms with Crippen molar-refractivity contribution in [2.45, 2.75) is 11.8 Å². The number of sulfonamides is 1. The predicted octanol–water partition coefficient (Wildman–Crippen LogP) is 5.21. The Labute approximate surface area is 181 Å². The molecule has 0 atom stereocenters. The van der Waals surface area contributed by atoms with Gasteiger partial charge in [-0.05, 0) is 61.0 Å². The van der Waals surface area contributed by atoms with E-state index in [0.29, 0.717) is 22.9 Å². The highest BCUT2D eigenvalue weighted by molar-refractivity contribution is 7.92. The lowest BCUT2D eigenvalue weighted by atomic mass is 10.2. The minimum Gasteiger partial charge on any atom is -0.323 e. The molecule has 0 saturated heterocycles. The number of halogens is 1. The Kier molecular flexibility index (Phi) is 6.92. The van der Waals surface area contributed by atoms with Gasteiger partial charge in [0.05, 0.1) is 10.6 Å². The summed E-state index contributed by atoms with van der Waals surface area (Å²) in [6.45, 7) is 2.09. The van der Waals surface area contributed by atoms with E-state index in [1.54, 1.807) is 61.5 Å². The molecule has 154 valence electrons. The molecule has 0 aliphatic rings. The van der Waals surface area contributed by atoms with Crippen molar-refractivity contribution < 1.29 is 13.2 Å². The van der Waals surface area contributed by atoms with Gasteiger partial charge in [-0.15, -0.1) is 0 Å². The van der Waals surface area contributed by atoms with Crippen molar-refractivity contribution in [2.75, 3.05) is 16.2 Å². The first-order valence-corrected chi connectivity index (χ1v) is 11.1. The molecule has 3 aromatic carbocycles. The molecule has 3 aromatic rings. The van der Waals surface area contributed by atoms with Crippen LogP contribution >= 0.6 is 11.6 Å². The summed E-state index contributed by atoms with van der Waals surface area (Å²) in [5.74, 6) is -0.343. The van der Waals surface area contributed by atoms with Crippen LogP contribution in [0.15, 0.2) is 89.8 Å². The summed E-state index contributed by atoms with van der Waals surface area (Å²) in [5, 5.41) is 3.26. The highest BCUT2D eigenvalue weighted by Crippen LogP contribution is 2.24. The van der Waals surface area contributed by atoms with E-state index in [0.717, 1.165) is 5.56 Å². The molecule has 0 saturated carbocycles.